The van der Waals surface area contributed by atoms with Crippen molar-refractivity contribution in [3.8, 4) is 0 Å². The molecule has 1 saturated heterocycles. The first-order chi connectivity index (χ1) is 11.4. The third-order valence-corrected chi connectivity index (χ3v) is 5.18. The molecule has 0 amide bonds. The van der Waals surface area contributed by atoms with Crippen molar-refractivity contribution in [2.45, 2.75) is 57.5 Å². The summed E-state index contributed by atoms with van der Waals surface area (Å²) in [7, 11) is 0. The Morgan fingerprint density at radius 2 is 2.04 bits per heavy atom. The van der Waals surface area contributed by atoms with Crippen LogP contribution in [0.4, 0.5) is 0 Å². The molecule has 1 fully saturated rings. The van der Waals surface area contributed by atoms with Crippen LogP contribution in [0.25, 0.3) is 0 Å². The number of rotatable bonds is 4. The molecule has 0 bridgehead atoms. The van der Waals surface area contributed by atoms with Gasteiger partial charge < -0.3 is 4.57 Å². The van der Waals surface area contributed by atoms with E-state index in [2.05, 4.69) is 36.8 Å². The fourth-order valence-electron chi connectivity index (χ4n) is 3.94. The van der Waals surface area contributed by atoms with E-state index in [4.69, 9.17) is 0 Å². The fourth-order valence-corrected chi connectivity index (χ4v) is 3.94. The maximum atomic E-state index is 4.58. The molecular formula is C18H25N5. The molecule has 2 aliphatic rings. The van der Waals surface area contributed by atoms with Gasteiger partial charge in [-0.1, -0.05) is 12.5 Å². The molecule has 5 nitrogen and oxygen atoms in total. The fraction of sp³-hybridized carbons (Fsp3) is 0.611. The molecule has 0 unspecified atom stereocenters. The summed E-state index contributed by atoms with van der Waals surface area (Å²) in [6.07, 6.45) is 10.3. The van der Waals surface area contributed by atoms with Crippen LogP contribution in [0.15, 0.2) is 24.4 Å². The summed E-state index contributed by atoms with van der Waals surface area (Å²) in [6, 6.07) is 6.61. The van der Waals surface area contributed by atoms with E-state index in [0.29, 0.717) is 6.04 Å². The summed E-state index contributed by atoms with van der Waals surface area (Å²) in [5.74, 6) is 2.41. The Bertz CT molecular complexity index is 636. The van der Waals surface area contributed by atoms with Gasteiger partial charge in [0.2, 0.25) is 0 Å². The van der Waals surface area contributed by atoms with Crippen LogP contribution in [0.5, 0.6) is 0 Å². The molecule has 4 rings (SSSR count). The van der Waals surface area contributed by atoms with Gasteiger partial charge in [-0.2, -0.15) is 0 Å². The van der Waals surface area contributed by atoms with Crippen molar-refractivity contribution in [1.29, 1.82) is 0 Å². The zero-order chi connectivity index (χ0) is 15.5. The van der Waals surface area contributed by atoms with Crippen LogP contribution >= 0.6 is 0 Å². The molecule has 0 N–H and O–H groups in total. The zero-order valence-electron chi connectivity index (χ0n) is 13.7. The maximum absolute atomic E-state index is 4.58. The molecule has 1 atom stereocenters. The van der Waals surface area contributed by atoms with Gasteiger partial charge in [0.15, 0.2) is 0 Å². The van der Waals surface area contributed by atoms with E-state index >= 15 is 0 Å². The normalized spacial score (nSPS) is 22.0. The number of hydrogen-bond acceptors (Lipinski definition) is 4. The van der Waals surface area contributed by atoms with Crippen molar-refractivity contribution in [3.63, 3.8) is 0 Å². The second-order valence-electron chi connectivity index (χ2n) is 6.70. The standard InChI is InChI=1S/C18H25N5/c1-2-9-17-20-21-18(23(17)13-5-1)16-8-6-12-22(16)14-10-15-7-3-4-11-19-15/h3-4,7,11,16H,1-2,5-6,8-10,12-14H2/t16-/m1/s1. The number of fused-ring (bicyclic) bond motifs is 1. The van der Waals surface area contributed by atoms with Crippen LogP contribution in [0.3, 0.4) is 0 Å². The predicted octanol–water partition coefficient (Wildman–Crippen LogP) is 2.78. The second-order valence-corrected chi connectivity index (χ2v) is 6.70. The Kier molecular flexibility index (Phi) is 4.37. The molecule has 0 spiro atoms. The third-order valence-electron chi connectivity index (χ3n) is 5.18. The number of hydrogen-bond donors (Lipinski definition) is 0. The molecule has 5 heteroatoms. The lowest BCUT2D eigenvalue weighted by molar-refractivity contribution is 0.245. The lowest BCUT2D eigenvalue weighted by Gasteiger charge is -2.24. The molecule has 2 aromatic rings. The first kappa shape index (κ1) is 14.8. The minimum Gasteiger partial charge on any atom is -0.314 e. The molecule has 23 heavy (non-hydrogen) atoms. The largest absolute Gasteiger partial charge is 0.314 e. The van der Waals surface area contributed by atoms with Gasteiger partial charge >= 0.3 is 0 Å². The summed E-state index contributed by atoms with van der Waals surface area (Å²) >= 11 is 0. The topological polar surface area (TPSA) is 46.8 Å². The van der Waals surface area contributed by atoms with Gasteiger partial charge in [0.1, 0.15) is 11.6 Å². The van der Waals surface area contributed by atoms with Crippen LogP contribution in [0.2, 0.25) is 0 Å². The highest BCUT2D eigenvalue weighted by Crippen LogP contribution is 2.32. The molecule has 2 aliphatic heterocycles. The number of aromatic nitrogens is 4. The molecular weight excluding hydrogens is 286 g/mol. The monoisotopic (exact) mass is 311 g/mol. The van der Waals surface area contributed by atoms with E-state index in [-0.39, 0.29) is 0 Å². The maximum Gasteiger partial charge on any atom is 0.150 e. The Labute approximate surface area is 137 Å². The van der Waals surface area contributed by atoms with Crippen LogP contribution < -0.4 is 0 Å². The van der Waals surface area contributed by atoms with E-state index in [1.165, 1.54) is 56.0 Å². The highest BCUT2D eigenvalue weighted by Gasteiger charge is 2.31. The summed E-state index contributed by atoms with van der Waals surface area (Å²) < 4.78 is 2.41. The first-order valence-corrected chi connectivity index (χ1v) is 8.98. The van der Waals surface area contributed by atoms with Crippen molar-refractivity contribution < 1.29 is 0 Å². The lowest BCUT2D eigenvalue weighted by atomic mass is 10.2. The minimum absolute atomic E-state index is 0.443. The molecule has 4 heterocycles. The molecule has 0 aromatic carbocycles. The molecule has 122 valence electrons. The molecule has 0 aliphatic carbocycles. The first-order valence-electron chi connectivity index (χ1n) is 8.98. The van der Waals surface area contributed by atoms with E-state index in [1.54, 1.807) is 0 Å². The Balaban J connectivity index is 1.48. The predicted molar refractivity (Wildman–Crippen MR) is 89.1 cm³/mol. The number of nitrogens with zero attached hydrogens (tertiary/aromatic N) is 5. The van der Waals surface area contributed by atoms with E-state index in [9.17, 15) is 0 Å². The summed E-state index contributed by atoms with van der Waals surface area (Å²) in [5.41, 5.74) is 1.18. The average Bonchev–Trinajstić information content (AvgIpc) is 3.14. The lowest BCUT2D eigenvalue weighted by Crippen LogP contribution is -2.28. The van der Waals surface area contributed by atoms with Gasteiger partial charge in [-0.15, -0.1) is 10.2 Å². The van der Waals surface area contributed by atoms with Gasteiger partial charge in [-0.25, -0.2) is 0 Å². The van der Waals surface area contributed by atoms with Crippen LogP contribution in [-0.2, 0) is 19.4 Å². The smallest absolute Gasteiger partial charge is 0.150 e. The van der Waals surface area contributed by atoms with Crippen molar-refractivity contribution in [2.75, 3.05) is 13.1 Å². The van der Waals surface area contributed by atoms with Crippen LogP contribution in [0, 0.1) is 0 Å². The van der Waals surface area contributed by atoms with E-state index in [1.807, 2.05) is 12.3 Å². The zero-order valence-corrected chi connectivity index (χ0v) is 13.7. The summed E-state index contributed by atoms with van der Waals surface area (Å²) in [4.78, 5) is 7.03. The summed E-state index contributed by atoms with van der Waals surface area (Å²) in [5, 5.41) is 9.07. The average molecular weight is 311 g/mol. The van der Waals surface area contributed by atoms with Crippen molar-refractivity contribution in [3.05, 3.63) is 41.7 Å². The van der Waals surface area contributed by atoms with Gasteiger partial charge in [0, 0.05) is 37.8 Å². The molecule has 0 radical (unpaired) electrons. The van der Waals surface area contributed by atoms with Gasteiger partial charge in [-0.3, -0.25) is 9.88 Å². The van der Waals surface area contributed by atoms with Gasteiger partial charge in [-0.05, 0) is 44.4 Å². The number of pyridine rings is 1. The Morgan fingerprint density at radius 3 is 2.96 bits per heavy atom. The Morgan fingerprint density at radius 1 is 1.04 bits per heavy atom. The number of aryl methyl sites for hydroxylation is 1. The molecule has 0 saturated carbocycles. The van der Waals surface area contributed by atoms with E-state index in [0.717, 1.165) is 25.9 Å². The van der Waals surface area contributed by atoms with Gasteiger partial charge in [0.05, 0.1) is 6.04 Å². The summed E-state index contributed by atoms with van der Waals surface area (Å²) in [6.45, 7) is 3.33. The Hall–Kier alpha value is -1.75. The van der Waals surface area contributed by atoms with Gasteiger partial charge in [0.25, 0.3) is 0 Å². The van der Waals surface area contributed by atoms with E-state index < -0.39 is 0 Å². The second kappa shape index (κ2) is 6.79. The highest BCUT2D eigenvalue weighted by molar-refractivity contribution is 5.07. The molecule has 2 aromatic heterocycles. The number of likely N-dealkylation sites (tertiary alicyclic amines) is 1. The van der Waals surface area contributed by atoms with Crippen molar-refractivity contribution >= 4 is 0 Å². The van der Waals surface area contributed by atoms with Crippen LogP contribution in [-0.4, -0.2) is 37.7 Å². The minimum atomic E-state index is 0.443. The highest BCUT2D eigenvalue weighted by atomic mass is 15.3. The quantitative estimate of drug-likeness (QED) is 0.871. The van der Waals surface area contributed by atoms with Crippen molar-refractivity contribution in [1.82, 2.24) is 24.6 Å². The third kappa shape index (κ3) is 3.15. The van der Waals surface area contributed by atoms with Crippen molar-refractivity contribution in [2.24, 2.45) is 0 Å². The SMILES string of the molecule is c1ccc(CCN2CCC[C@@H]2c2nnc3n2CCCCC3)nc1. The van der Waals surface area contributed by atoms with Crippen LogP contribution in [0.1, 0.15) is 55.5 Å².